The number of halogens is 1. The average molecular weight is 420 g/mol. The van der Waals surface area contributed by atoms with Crippen molar-refractivity contribution < 1.29 is 9.59 Å². The zero-order valence-electron chi connectivity index (χ0n) is 12.5. The number of nitrogens with one attached hydrogen (secondary N) is 1. The molecule has 0 aliphatic carbocycles. The first kappa shape index (κ1) is 16.0. The van der Waals surface area contributed by atoms with Crippen LogP contribution >= 0.6 is 22.6 Å². The number of hydrogen-bond donors (Lipinski definition) is 1. The van der Waals surface area contributed by atoms with Gasteiger partial charge < -0.3 is 10.2 Å². The molecule has 2 amide bonds. The van der Waals surface area contributed by atoms with Crippen molar-refractivity contribution in [2.45, 2.75) is 12.3 Å². The average Bonchev–Trinajstić information content (AvgIpc) is 2.91. The Hall–Kier alpha value is -1.89. The van der Waals surface area contributed by atoms with Gasteiger partial charge in [0.05, 0.1) is 12.2 Å². The predicted molar refractivity (Wildman–Crippen MR) is 98.2 cm³/mol. The minimum atomic E-state index is -0.156. The molecule has 118 valence electrons. The molecule has 1 heterocycles. The van der Waals surface area contributed by atoms with Gasteiger partial charge in [0, 0.05) is 22.5 Å². The van der Waals surface area contributed by atoms with Crippen LogP contribution in [0.2, 0.25) is 0 Å². The molecule has 1 N–H and O–H groups in total. The maximum absolute atomic E-state index is 12.2. The molecule has 3 rings (SSSR count). The largest absolute Gasteiger partial charge is 0.333 e. The molecule has 1 aliphatic rings. The number of para-hydroxylation sites is 1. The maximum Gasteiger partial charge on any atom is 0.244 e. The van der Waals surface area contributed by atoms with Crippen LogP contribution in [0.25, 0.3) is 0 Å². The quantitative estimate of drug-likeness (QED) is 0.773. The molecule has 0 unspecified atom stereocenters. The van der Waals surface area contributed by atoms with E-state index in [-0.39, 0.29) is 24.3 Å². The number of likely N-dealkylation sites (tertiary alicyclic amines) is 1. The number of amides is 2. The SMILES string of the molecule is O=C(CN1C[C@@H](c2ccccc2)CC1=O)Nc1ccccc1I. The Labute approximate surface area is 149 Å². The Morgan fingerprint density at radius 2 is 1.83 bits per heavy atom. The monoisotopic (exact) mass is 420 g/mol. The van der Waals surface area contributed by atoms with E-state index in [1.54, 1.807) is 4.90 Å². The van der Waals surface area contributed by atoms with Crippen LogP contribution in [0.5, 0.6) is 0 Å². The van der Waals surface area contributed by atoms with Gasteiger partial charge in [0.1, 0.15) is 0 Å². The fourth-order valence-electron chi connectivity index (χ4n) is 2.80. The first-order valence-corrected chi connectivity index (χ1v) is 8.58. The number of anilines is 1. The fraction of sp³-hybridized carbons (Fsp3) is 0.222. The molecule has 0 spiro atoms. The number of rotatable bonds is 4. The van der Waals surface area contributed by atoms with E-state index < -0.39 is 0 Å². The third-order valence-electron chi connectivity index (χ3n) is 3.97. The van der Waals surface area contributed by atoms with Gasteiger partial charge in [0.25, 0.3) is 0 Å². The third kappa shape index (κ3) is 3.90. The lowest BCUT2D eigenvalue weighted by atomic mass is 9.99. The standard InChI is InChI=1S/C18H17IN2O2/c19-15-8-4-5-9-16(15)20-17(22)12-21-11-14(10-18(21)23)13-6-2-1-3-7-13/h1-9,14H,10-12H2,(H,20,22)/t14-/m0/s1. The summed E-state index contributed by atoms with van der Waals surface area (Å²) in [5.41, 5.74) is 1.94. The highest BCUT2D eigenvalue weighted by Crippen LogP contribution is 2.27. The van der Waals surface area contributed by atoms with Crippen molar-refractivity contribution >= 4 is 40.1 Å². The van der Waals surface area contributed by atoms with Gasteiger partial charge >= 0.3 is 0 Å². The Balaban J connectivity index is 1.61. The lowest BCUT2D eigenvalue weighted by Crippen LogP contribution is -2.34. The number of hydrogen-bond acceptors (Lipinski definition) is 2. The van der Waals surface area contributed by atoms with Crippen molar-refractivity contribution in [3.8, 4) is 0 Å². The van der Waals surface area contributed by atoms with Crippen molar-refractivity contribution in [3.63, 3.8) is 0 Å². The number of benzene rings is 2. The highest BCUT2D eigenvalue weighted by atomic mass is 127. The fourth-order valence-corrected chi connectivity index (χ4v) is 3.32. The molecule has 1 aliphatic heterocycles. The third-order valence-corrected chi connectivity index (χ3v) is 4.91. The topological polar surface area (TPSA) is 49.4 Å². The lowest BCUT2D eigenvalue weighted by molar-refractivity contribution is -0.131. The van der Waals surface area contributed by atoms with Crippen LogP contribution in [0.15, 0.2) is 54.6 Å². The summed E-state index contributed by atoms with van der Waals surface area (Å²) in [7, 11) is 0. The van der Waals surface area contributed by atoms with E-state index >= 15 is 0 Å². The lowest BCUT2D eigenvalue weighted by Gasteiger charge is -2.17. The Bertz CT molecular complexity index is 718. The predicted octanol–water partition coefficient (Wildman–Crippen LogP) is 3.25. The normalized spacial score (nSPS) is 17.3. The second-order valence-corrected chi connectivity index (χ2v) is 6.78. The minimum Gasteiger partial charge on any atom is -0.333 e. The van der Waals surface area contributed by atoms with Gasteiger partial charge in [-0.15, -0.1) is 0 Å². The van der Waals surface area contributed by atoms with E-state index in [0.717, 1.165) is 14.8 Å². The molecule has 2 aromatic rings. The van der Waals surface area contributed by atoms with Crippen LogP contribution in [0.3, 0.4) is 0 Å². The zero-order chi connectivity index (χ0) is 16.2. The summed E-state index contributed by atoms with van der Waals surface area (Å²) in [6.07, 6.45) is 0.472. The van der Waals surface area contributed by atoms with Gasteiger partial charge in [-0.1, -0.05) is 42.5 Å². The molecule has 0 radical (unpaired) electrons. The van der Waals surface area contributed by atoms with Gasteiger partial charge in [-0.05, 0) is 40.3 Å². The summed E-state index contributed by atoms with van der Waals surface area (Å²) in [5.74, 6) is 0.0568. The van der Waals surface area contributed by atoms with Gasteiger partial charge in [-0.2, -0.15) is 0 Å². The Morgan fingerprint density at radius 3 is 2.57 bits per heavy atom. The van der Waals surface area contributed by atoms with Gasteiger partial charge in [-0.25, -0.2) is 0 Å². The number of carbonyl (C=O) groups is 2. The van der Waals surface area contributed by atoms with Gasteiger partial charge in [0.15, 0.2) is 0 Å². The number of nitrogens with zero attached hydrogens (tertiary/aromatic N) is 1. The van der Waals surface area contributed by atoms with Gasteiger partial charge in [-0.3, -0.25) is 9.59 Å². The van der Waals surface area contributed by atoms with Crippen molar-refractivity contribution in [3.05, 3.63) is 63.7 Å². The summed E-state index contributed by atoms with van der Waals surface area (Å²) in [4.78, 5) is 26.0. The molecule has 5 heteroatoms. The second-order valence-electron chi connectivity index (χ2n) is 5.61. The van der Waals surface area contributed by atoms with Crippen LogP contribution in [-0.2, 0) is 9.59 Å². The smallest absolute Gasteiger partial charge is 0.244 e. The van der Waals surface area contributed by atoms with E-state index in [4.69, 9.17) is 0 Å². The Morgan fingerprint density at radius 1 is 1.13 bits per heavy atom. The molecule has 0 saturated carbocycles. The molecular formula is C18H17IN2O2. The molecule has 23 heavy (non-hydrogen) atoms. The number of carbonyl (C=O) groups excluding carboxylic acids is 2. The summed E-state index contributed by atoms with van der Waals surface area (Å²) < 4.78 is 0.980. The molecule has 1 atom stereocenters. The van der Waals surface area contributed by atoms with Crippen LogP contribution in [0, 0.1) is 3.57 Å². The Kier molecular flexibility index (Phi) is 4.95. The summed E-state index contributed by atoms with van der Waals surface area (Å²) in [5, 5.41) is 2.87. The van der Waals surface area contributed by atoms with Crippen LogP contribution in [-0.4, -0.2) is 29.8 Å². The van der Waals surface area contributed by atoms with E-state index in [2.05, 4.69) is 27.9 Å². The van der Waals surface area contributed by atoms with E-state index in [1.165, 1.54) is 0 Å². The summed E-state index contributed by atoms with van der Waals surface area (Å²) in [6.45, 7) is 0.704. The first-order valence-electron chi connectivity index (χ1n) is 7.50. The maximum atomic E-state index is 12.2. The van der Waals surface area contributed by atoms with Crippen molar-refractivity contribution in [2.24, 2.45) is 0 Å². The van der Waals surface area contributed by atoms with Crippen LogP contribution < -0.4 is 5.32 Å². The van der Waals surface area contributed by atoms with E-state index in [1.807, 2.05) is 54.6 Å². The summed E-state index contributed by atoms with van der Waals surface area (Å²) in [6, 6.07) is 17.6. The summed E-state index contributed by atoms with van der Waals surface area (Å²) >= 11 is 2.18. The molecule has 0 aromatic heterocycles. The molecule has 2 aromatic carbocycles. The van der Waals surface area contributed by atoms with Gasteiger partial charge in [0.2, 0.25) is 11.8 Å². The van der Waals surface area contributed by atoms with Crippen LogP contribution in [0.1, 0.15) is 17.9 Å². The molecule has 0 bridgehead atoms. The van der Waals surface area contributed by atoms with Crippen LogP contribution in [0.4, 0.5) is 5.69 Å². The zero-order valence-corrected chi connectivity index (χ0v) is 14.7. The highest BCUT2D eigenvalue weighted by molar-refractivity contribution is 14.1. The van der Waals surface area contributed by atoms with E-state index in [0.29, 0.717) is 13.0 Å². The molecular weight excluding hydrogens is 403 g/mol. The van der Waals surface area contributed by atoms with Crippen molar-refractivity contribution in [1.29, 1.82) is 0 Å². The van der Waals surface area contributed by atoms with Crippen molar-refractivity contribution in [1.82, 2.24) is 4.90 Å². The van der Waals surface area contributed by atoms with Crippen molar-refractivity contribution in [2.75, 3.05) is 18.4 Å². The minimum absolute atomic E-state index is 0.0387. The molecule has 1 fully saturated rings. The highest BCUT2D eigenvalue weighted by Gasteiger charge is 2.31. The first-order chi connectivity index (χ1) is 11.1. The van der Waals surface area contributed by atoms with E-state index in [9.17, 15) is 9.59 Å². The second kappa shape index (κ2) is 7.12. The molecule has 1 saturated heterocycles. The molecule has 4 nitrogen and oxygen atoms in total.